The molecular formula is C10H13Cl3Zr. The average molecular weight is 331 g/mol. The fourth-order valence-corrected chi connectivity index (χ4v) is 1.87. The maximum atomic E-state index is 2.34. The molecule has 0 saturated carbocycles. The van der Waals surface area contributed by atoms with Crippen LogP contribution in [0.2, 0.25) is 0 Å². The van der Waals surface area contributed by atoms with Crippen LogP contribution in [0.4, 0.5) is 0 Å². The second kappa shape index (κ2) is 7.39. The van der Waals surface area contributed by atoms with Crippen LogP contribution in [0.25, 0.3) is 0 Å². The summed E-state index contributed by atoms with van der Waals surface area (Å²) in [5, 5.41) is 0. The van der Waals surface area contributed by atoms with E-state index in [2.05, 4.69) is 38.2 Å². The van der Waals surface area contributed by atoms with Gasteiger partial charge in [-0.2, -0.15) is 30.2 Å². The second-order valence-electron chi connectivity index (χ2n) is 3.78. The normalized spacial score (nSPS) is 23.9. The Kier molecular flexibility index (Phi) is 10.8. The first-order chi connectivity index (χ1) is 4.71. The van der Waals surface area contributed by atoms with Crippen molar-refractivity contribution in [3.8, 4) is 0 Å². The molecule has 0 amide bonds. The number of allylic oxidation sites excluding steroid dienone is 4. The van der Waals surface area contributed by atoms with E-state index in [9.17, 15) is 0 Å². The Morgan fingerprint density at radius 3 is 2.14 bits per heavy atom. The molecule has 0 aliphatic heterocycles. The van der Waals surface area contributed by atoms with Crippen molar-refractivity contribution in [2.45, 2.75) is 20.3 Å². The van der Waals surface area contributed by atoms with E-state index in [1.807, 2.05) is 0 Å². The molecule has 0 spiro atoms. The van der Waals surface area contributed by atoms with E-state index in [-0.39, 0.29) is 63.4 Å². The summed E-state index contributed by atoms with van der Waals surface area (Å²) in [6.07, 6.45) is 10.4. The Balaban J connectivity index is -0.000000302. The van der Waals surface area contributed by atoms with Crippen LogP contribution in [-0.4, -0.2) is 0 Å². The molecule has 2 rings (SSSR count). The zero-order chi connectivity index (χ0) is 7.19. The molecule has 78 valence electrons. The van der Waals surface area contributed by atoms with Crippen LogP contribution in [0.5, 0.6) is 0 Å². The molecule has 1 atom stereocenters. The average Bonchev–Trinajstić information content (AvgIpc) is 2.17. The zero-order valence-corrected chi connectivity index (χ0v) is 13.0. The van der Waals surface area contributed by atoms with Gasteiger partial charge in [0.15, 0.2) is 0 Å². The van der Waals surface area contributed by atoms with Crippen molar-refractivity contribution in [3.63, 3.8) is 0 Å². The number of hydrogen-bond donors (Lipinski definition) is 0. The van der Waals surface area contributed by atoms with Gasteiger partial charge < -0.3 is 37.2 Å². The molecule has 1 unspecified atom stereocenters. The number of hydrogen-bond acceptors (Lipinski definition) is 0. The van der Waals surface area contributed by atoms with Crippen molar-refractivity contribution in [3.05, 3.63) is 30.2 Å². The minimum absolute atomic E-state index is 0. The minimum Gasteiger partial charge on any atom is -1.00 e. The van der Waals surface area contributed by atoms with Gasteiger partial charge in [0.05, 0.1) is 0 Å². The summed E-state index contributed by atoms with van der Waals surface area (Å²) in [7, 11) is 0. The summed E-state index contributed by atoms with van der Waals surface area (Å²) >= 11 is 0. The Bertz CT molecular complexity index is 209. The van der Waals surface area contributed by atoms with E-state index in [0.29, 0.717) is 5.41 Å². The third-order valence-corrected chi connectivity index (χ3v) is 2.87. The van der Waals surface area contributed by atoms with Crippen LogP contribution in [0, 0.1) is 17.3 Å². The van der Waals surface area contributed by atoms with Gasteiger partial charge in [0.1, 0.15) is 0 Å². The predicted molar refractivity (Wildman–Crippen MR) is 43.4 cm³/mol. The van der Waals surface area contributed by atoms with Crippen molar-refractivity contribution in [2.24, 2.45) is 11.3 Å². The smallest absolute Gasteiger partial charge is 1.00 e. The molecule has 14 heavy (non-hydrogen) atoms. The van der Waals surface area contributed by atoms with Crippen molar-refractivity contribution < 1.29 is 63.4 Å². The van der Waals surface area contributed by atoms with Crippen molar-refractivity contribution in [1.82, 2.24) is 0 Å². The Morgan fingerprint density at radius 1 is 1.14 bits per heavy atom. The molecule has 0 fully saturated rings. The van der Waals surface area contributed by atoms with Gasteiger partial charge in [-0.25, -0.2) is 0 Å². The minimum atomic E-state index is 0. The van der Waals surface area contributed by atoms with E-state index in [1.165, 1.54) is 12.3 Å². The summed E-state index contributed by atoms with van der Waals surface area (Å²) < 4.78 is 0. The topological polar surface area (TPSA) is 0 Å². The Labute approximate surface area is 124 Å². The van der Waals surface area contributed by atoms with Crippen LogP contribution in [0.15, 0.2) is 24.3 Å². The molecule has 2 aliphatic rings. The third kappa shape index (κ3) is 3.30. The van der Waals surface area contributed by atoms with Crippen LogP contribution in [0.1, 0.15) is 20.3 Å². The van der Waals surface area contributed by atoms with Gasteiger partial charge in [-0.3, -0.25) is 0 Å². The fraction of sp³-hybridized carbons (Fsp3) is 0.500. The van der Waals surface area contributed by atoms with Crippen LogP contribution in [-0.2, 0) is 26.2 Å². The van der Waals surface area contributed by atoms with Gasteiger partial charge in [-0.05, 0) is 0 Å². The molecule has 0 aromatic carbocycles. The molecule has 2 aliphatic carbocycles. The van der Waals surface area contributed by atoms with Crippen LogP contribution < -0.4 is 37.2 Å². The number of fused-ring (bicyclic) bond motifs is 2. The molecule has 0 heterocycles. The molecule has 0 saturated heterocycles. The molecule has 0 N–H and O–H groups in total. The van der Waals surface area contributed by atoms with E-state index < -0.39 is 0 Å². The van der Waals surface area contributed by atoms with E-state index in [4.69, 9.17) is 0 Å². The molecule has 0 aromatic heterocycles. The first-order valence-corrected chi connectivity index (χ1v) is 3.93. The summed E-state index contributed by atoms with van der Waals surface area (Å²) in [6, 6.07) is 0. The second-order valence-corrected chi connectivity index (χ2v) is 3.78. The Hall–Kier alpha value is 1.10. The molecule has 4 heteroatoms. The van der Waals surface area contributed by atoms with Crippen molar-refractivity contribution in [2.75, 3.05) is 0 Å². The standard InChI is InChI=1S/C10H13.3ClH.Zr/c1-10(2)8-4-3-5-9(10)7-6-8;;;;/h3-4,6-7,9H,5H2,1-2H3;3*1H;/q-1;;;;+4/p-3. The maximum absolute atomic E-state index is 2.34. The van der Waals surface area contributed by atoms with Crippen LogP contribution >= 0.6 is 0 Å². The first-order valence-electron chi connectivity index (χ1n) is 3.93. The van der Waals surface area contributed by atoms with Gasteiger partial charge >= 0.3 is 26.2 Å². The third-order valence-electron chi connectivity index (χ3n) is 2.87. The first kappa shape index (κ1) is 20.5. The summed E-state index contributed by atoms with van der Waals surface area (Å²) in [4.78, 5) is 0. The van der Waals surface area contributed by atoms with Gasteiger partial charge in [-0.1, -0.05) is 31.6 Å². The van der Waals surface area contributed by atoms with Gasteiger partial charge in [0, 0.05) is 0 Å². The maximum Gasteiger partial charge on any atom is 4.00 e. The molecule has 2 bridgehead atoms. The Morgan fingerprint density at radius 2 is 1.71 bits per heavy atom. The summed E-state index contributed by atoms with van der Waals surface area (Å²) in [5.41, 5.74) is 0.425. The van der Waals surface area contributed by atoms with Gasteiger partial charge in [0.25, 0.3) is 0 Å². The molecule has 0 nitrogen and oxygen atoms in total. The number of rotatable bonds is 0. The molecular weight excluding hydrogens is 318 g/mol. The van der Waals surface area contributed by atoms with E-state index in [1.54, 1.807) is 0 Å². The van der Waals surface area contributed by atoms with Gasteiger partial charge in [0.2, 0.25) is 0 Å². The largest absolute Gasteiger partial charge is 4.00 e. The van der Waals surface area contributed by atoms with Crippen molar-refractivity contribution >= 4 is 0 Å². The monoisotopic (exact) mass is 328 g/mol. The van der Waals surface area contributed by atoms with Crippen molar-refractivity contribution in [1.29, 1.82) is 0 Å². The quantitative estimate of drug-likeness (QED) is 0.388. The van der Waals surface area contributed by atoms with E-state index in [0.717, 1.165) is 5.92 Å². The van der Waals surface area contributed by atoms with E-state index >= 15 is 0 Å². The fourth-order valence-electron chi connectivity index (χ4n) is 1.87. The predicted octanol–water partition coefficient (Wildman–Crippen LogP) is -6.26. The molecule has 0 aromatic rings. The number of halogens is 3. The summed E-state index contributed by atoms with van der Waals surface area (Å²) in [5.74, 6) is 2.27. The zero-order valence-electron chi connectivity index (χ0n) is 8.23. The summed E-state index contributed by atoms with van der Waals surface area (Å²) in [6.45, 7) is 4.66. The van der Waals surface area contributed by atoms with Crippen LogP contribution in [0.3, 0.4) is 0 Å². The van der Waals surface area contributed by atoms with Gasteiger partial charge in [-0.15, -0.1) is 0 Å². The molecule has 0 radical (unpaired) electrons. The SMILES string of the molecule is CC1(C)[C-]2C=CCC1C=C2.[Cl-].[Cl-].[Cl-].[Zr+4].